The molecule has 1 rings (SSSR count). The first-order valence-corrected chi connectivity index (χ1v) is 5.63. The topological polar surface area (TPSA) is 41.5 Å². The van der Waals surface area contributed by atoms with E-state index in [2.05, 4.69) is 10.1 Å². The molecular formula is C10H15F6NO2. The van der Waals surface area contributed by atoms with Gasteiger partial charge in [0.2, 0.25) is 6.10 Å². The maximum atomic E-state index is 12.2. The van der Waals surface area contributed by atoms with Gasteiger partial charge in [-0.15, -0.1) is 0 Å². The van der Waals surface area contributed by atoms with Crippen LogP contribution in [0.15, 0.2) is 0 Å². The molecule has 19 heavy (non-hydrogen) atoms. The number of hydrogen-bond acceptors (Lipinski definition) is 3. The van der Waals surface area contributed by atoms with Gasteiger partial charge in [-0.1, -0.05) is 0 Å². The van der Waals surface area contributed by atoms with Crippen LogP contribution in [0.3, 0.4) is 0 Å². The second kappa shape index (κ2) is 5.45. The molecule has 0 aromatic carbocycles. The predicted molar refractivity (Wildman–Crippen MR) is 53.5 cm³/mol. The van der Waals surface area contributed by atoms with E-state index in [4.69, 9.17) is 0 Å². The Labute approximate surface area is 105 Å². The molecule has 3 nitrogen and oxygen atoms in total. The van der Waals surface area contributed by atoms with Crippen molar-refractivity contribution in [3.63, 3.8) is 0 Å². The number of hydrogen-bond donors (Lipinski definition) is 2. The van der Waals surface area contributed by atoms with Crippen LogP contribution in [0.25, 0.3) is 0 Å². The third kappa shape index (κ3) is 5.96. The van der Waals surface area contributed by atoms with Crippen LogP contribution in [0, 0.1) is 0 Å². The van der Waals surface area contributed by atoms with Gasteiger partial charge in [-0.25, -0.2) is 0 Å². The largest absolute Gasteiger partial charge is 0.423 e. The predicted octanol–water partition coefficient (Wildman–Crippen LogP) is 2.00. The molecule has 0 bridgehead atoms. The molecule has 1 fully saturated rings. The Balaban J connectivity index is 2.49. The number of nitrogens with one attached hydrogen (secondary N) is 1. The molecule has 1 atom stereocenters. The Kier molecular flexibility index (Phi) is 4.74. The van der Waals surface area contributed by atoms with Crippen LogP contribution >= 0.6 is 0 Å². The van der Waals surface area contributed by atoms with Crippen molar-refractivity contribution in [2.45, 2.75) is 49.9 Å². The highest BCUT2D eigenvalue weighted by atomic mass is 19.4. The SMILES string of the molecule is CC(O)(CNC1CC1)COC(C(F)(F)F)C(F)(F)F. The van der Waals surface area contributed by atoms with Gasteiger partial charge >= 0.3 is 12.4 Å². The zero-order valence-electron chi connectivity index (χ0n) is 10.1. The van der Waals surface area contributed by atoms with Crippen LogP contribution in [0.1, 0.15) is 19.8 Å². The minimum atomic E-state index is -5.56. The average molecular weight is 295 g/mol. The molecule has 1 saturated carbocycles. The van der Waals surface area contributed by atoms with Crippen molar-refractivity contribution in [2.75, 3.05) is 13.2 Å². The van der Waals surface area contributed by atoms with Crippen molar-refractivity contribution in [1.82, 2.24) is 5.32 Å². The number of rotatable bonds is 6. The average Bonchev–Trinajstić information content (AvgIpc) is 2.93. The van der Waals surface area contributed by atoms with Gasteiger partial charge in [0.25, 0.3) is 0 Å². The van der Waals surface area contributed by atoms with E-state index in [1.165, 1.54) is 0 Å². The van der Waals surface area contributed by atoms with Crippen LogP contribution < -0.4 is 5.32 Å². The molecule has 0 saturated heterocycles. The number of aliphatic hydroxyl groups is 1. The highest BCUT2D eigenvalue weighted by Crippen LogP contribution is 2.36. The Morgan fingerprint density at radius 1 is 1.16 bits per heavy atom. The van der Waals surface area contributed by atoms with Gasteiger partial charge in [0, 0.05) is 12.6 Å². The van der Waals surface area contributed by atoms with Crippen LogP contribution in [0.5, 0.6) is 0 Å². The van der Waals surface area contributed by atoms with Crippen molar-refractivity contribution in [3.05, 3.63) is 0 Å². The monoisotopic (exact) mass is 295 g/mol. The Hall–Kier alpha value is -0.540. The summed E-state index contributed by atoms with van der Waals surface area (Å²) in [5, 5.41) is 12.5. The quantitative estimate of drug-likeness (QED) is 0.737. The lowest BCUT2D eigenvalue weighted by Gasteiger charge is -2.28. The Bertz CT molecular complexity index is 283. The Morgan fingerprint density at radius 3 is 2.00 bits per heavy atom. The first kappa shape index (κ1) is 16.5. The summed E-state index contributed by atoms with van der Waals surface area (Å²) in [5.41, 5.74) is -1.79. The molecule has 0 aliphatic heterocycles. The molecule has 0 amide bonds. The lowest BCUT2D eigenvalue weighted by molar-refractivity contribution is -0.327. The first-order chi connectivity index (χ1) is 8.42. The summed E-state index contributed by atoms with van der Waals surface area (Å²) in [4.78, 5) is 0. The summed E-state index contributed by atoms with van der Waals surface area (Å²) in [5.74, 6) is 0. The zero-order chi connectivity index (χ0) is 14.9. The molecular weight excluding hydrogens is 280 g/mol. The van der Waals surface area contributed by atoms with E-state index in [0.29, 0.717) is 0 Å². The molecule has 0 aromatic rings. The molecule has 1 aliphatic rings. The highest BCUT2D eigenvalue weighted by molar-refractivity contribution is 4.86. The second-order valence-corrected chi connectivity index (χ2v) is 4.93. The van der Waals surface area contributed by atoms with Crippen molar-refractivity contribution < 1.29 is 36.2 Å². The minimum Gasteiger partial charge on any atom is -0.386 e. The number of alkyl halides is 6. The summed E-state index contributed by atoms with van der Waals surface area (Å²) in [6.45, 7) is -0.0668. The van der Waals surface area contributed by atoms with Crippen LogP contribution in [-0.2, 0) is 4.74 Å². The van der Waals surface area contributed by atoms with Crippen LogP contribution in [-0.4, -0.2) is 48.4 Å². The minimum absolute atomic E-state index is 0.125. The molecule has 1 aliphatic carbocycles. The fourth-order valence-electron chi connectivity index (χ4n) is 1.34. The maximum absolute atomic E-state index is 12.2. The van der Waals surface area contributed by atoms with Gasteiger partial charge in [-0.05, 0) is 19.8 Å². The van der Waals surface area contributed by atoms with E-state index in [0.717, 1.165) is 19.8 Å². The zero-order valence-corrected chi connectivity index (χ0v) is 10.1. The fourth-order valence-corrected chi connectivity index (χ4v) is 1.34. The van der Waals surface area contributed by atoms with Gasteiger partial charge in [-0.2, -0.15) is 26.3 Å². The Morgan fingerprint density at radius 2 is 1.63 bits per heavy atom. The van der Waals surface area contributed by atoms with E-state index in [-0.39, 0.29) is 12.6 Å². The van der Waals surface area contributed by atoms with Crippen molar-refractivity contribution in [3.8, 4) is 0 Å². The van der Waals surface area contributed by atoms with E-state index >= 15 is 0 Å². The summed E-state index contributed by atoms with van der Waals surface area (Å²) in [6, 6.07) is 0.174. The molecule has 9 heteroatoms. The van der Waals surface area contributed by atoms with E-state index in [9.17, 15) is 31.4 Å². The number of halogens is 6. The van der Waals surface area contributed by atoms with Gasteiger partial charge in [-0.3, -0.25) is 0 Å². The second-order valence-electron chi connectivity index (χ2n) is 4.93. The summed E-state index contributed by atoms with van der Waals surface area (Å²) in [6.07, 6.45) is -13.2. The van der Waals surface area contributed by atoms with E-state index < -0.39 is 30.7 Å². The normalized spacial score (nSPS) is 20.7. The molecule has 114 valence electrons. The first-order valence-electron chi connectivity index (χ1n) is 5.63. The van der Waals surface area contributed by atoms with Gasteiger partial charge in [0.05, 0.1) is 12.2 Å². The van der Waals surface area contributed by atoms with Crippen molar-refractivity contribution in [2.24, 2.45) is 0 Å². The molecule has 0 heterocycles. The standard InChI is InChI=1S/C10H15F6NO2/c1-8(18,4-17-6-2-3-6)5-19-7(9(11,12)13)10(14,15)16/h6-7,17-18H,2-5H2,1H3. The smallest absolute Gasteiger partial charge is 0.386 e. The van der Waals surface area contributed by atoms with Crippen LogP contribution in [0.2, 0.25) is 0 Å². The van der Waals surface area contributed by atoms with Gasteiger partial charge in [0.1, 0.15) is 0 Å². The highest BCUT2D eigenvalue weighted by Gasteiger charge is 2.58. The van der Waals surface area contributed by atoms with E-state index in [1.54, 1.807) is 0 Å². The molecule has 0 radical (unpaired) electrons. The third-order valence-corrected chi connectivity index (χ3v) is 2.50. The molecule has 1 unspecified atom stereocenters. The van der Waals surface area contributed by atoms with Crippen molar-refractivity contribution >= 4 is 0 Å². The van der Waals surface area contributed by atoms with Crippen molar-refractivity contribution in [1.29, 1.82) is 0 Å². The van der Waals surface area contributed by atoms with Gasteiger partial charge in [0.15, 0.2) is 0 Å². The molecule has 0 aromatic heterocycles. The third-order valence-electron chi connectivity index (χ3n) is 2.50. The summed E-state index contributed by atoms with van der Waals surface area (Å²) in [7, 11) is 0. The van der Waals surface area contributed by atoms with Crippen LogP contribution in [0.4, 0.5) is 26.3 Å². The van der Waals surface area contributed by atoms with Gasteiger partial charge < -0.3 is 15.2 Å². The summed E-state index contributed by atoms with van der Waals surface area (Å²) < 4.78 is 76.9. The number of ether oxygens (including phenoxy) is 1. The maximum Gasteiger partial charge on any atom is 0.423 e. The molecule has 2 N–H and O–H groups in total. The summed E-state index contributed by atoms with van der Waals surface area (Å²) >= 11 is 0. The fraction of sp³-hybridized carbons (Fsp3) is 1.00. The lowest BCUT2D eigenvalue weighted by atomic mass is 10.1. The molecule has 0 spiro atoms. The lowest BCUT2D eigenvalue weighted by Crippen LogP contribution is -2.49. The van der Waals surface area contributed by atoms with E-state index in [1.807, 2.05) is 0 Å².